The average molecular weight is 561 g/mol. The summed E-state index contributed by atoms with van der Waals surface area (Å²) in [5, 5.41) is 12.4. The van der Waals surface area contributed by atoms with Crippen LogP contribution in [0.25, 0.3) is 11.1 Å². The quantitative estimate of drug-likeness (QED) is 0.256. The molecule has 1 aliphatic rings. The van der Waals surface area contributed by atoms with E-state index in [0.29, 0.717) is 36.3 Å². The van der Waals surface area contributed by atoms with E-state index >= 15 is 0 Å². The van der Waals surface area contributed by atoms with E-state index in [1.165, 1.54) is 0 Å². The average Bonchev–Trinajstić information content (AvgIpc) is 3.36. The van der Waals surface area contributed by atoms with Crippen molar-refractivity contribution in [3.8, 4) is 16.9 Å². The highest BCUT2D eigenvalue weighted by Crippen LogP contribution is 2.32. The van der Waals surface area contributed by atoms with Crippen molar-refractivity contribution in [2.45, 2.75) is 51.7 Å². The molecular formula is C33H40N2O4S. The van der Waals surface area contributed by atoms with Crippen molar-refractivity contribution in [2.75, 3.05) is 25.2 Å². The van der Waals surface area contributed by atoms with Gasteiger partial charge in [0, 0.05) is 24.7 Å². The van der Waals surface area contributed by atoms with Crippen molar-refractivity contribution in [2.24, 2.45) is 5.92 Å². The molecule has 212 valence electrons. The lowest BCUT2D eigenvalue weighted by molar-refractivity contribution is -0.139. The number of ether oxygens (including phenoxy) is 1. The highest BCUT2D eigenvalue weighted by Gasteiger charge is 2.32. The van der Waals surface area contributed by atoms with Crippen LogP contribution < -0.4 is 10.1 Å². The number of likely N-dealkylation sites (tertiary alicyclic amines) is 1. The lowest BCUT2D eigenvalue weighted by Crippen LogP contribution is -2.41. The van der Waals surface area contributed by atoms with Crippen LogP contribution in [0.5, 0.6) is 5.75 Å². The maximum absolute atomic E-state index is 13.4. The Morgan fingerprint density at radius 3 is 2.52 bits per heavy atom. The topological polar surface area (TPSA) is 78.9 Å². The van der Waals surface area contributed by atoms with Gasteiger partial charge in [-0.2, -0.15) is 11.8 Å². The van der Waals surface area contributed by atoms with Gasteiger partial charge < -0.3 is 15.2 Å². The molecule has 0 unspecified atom stereocenters. The molecule has 1 aliphatic heterocycles. The summed E-state index contributed by atoms with van der Waals surface area (Å²) in [6.45, 7) is 6.68. The Hall–Kier alpha value is -3.29. The highest BCUT2D eigenvalue weighted by molar-refractivity contribution is 7.98. The predicted molar refractivity (Wildman–Crippen MR) is 163 cm³/mol. The molecule has 1 fully saturated rings. The SMILES string of the molecule is CC[C@H]1C[C@H](COc2ccccc2)N(Cc2ccc(C(=O)N[C@@H](CCSC)C(=O)O)c(-c3ccccc3C)c2)C1. The summed E-state index contributed by atoms with van der Waals surface area (Å²) in [6, 6.07) is 23.3. The van der Waals surface area contributed by atoms with Gasteiger partial charge in [-0.1, -0.05) is 61.9 Å². The second-order valence-corrected chi connectivity index (χ2v) is 11.5. The molecule has 3 aromatic carbocycles. The molecule has 6 nitrogen and oxygen atoms in total. The van der Waals surface area contributed by atoms with Gasteiger partial charge in [-0.25, -0.2) is 4.79 Å². The van der Waals surface area contributed by atoms with Crippen molar-refractivity contribution in [3.63, 3.8) is 0 Å². The molecule has 1 amide bonds. The van der Waals surface area contributed by atoms with Gasteiger partial charge in [-0.3, -0.25) is 9.69 Å². The van der Waals surface area contributed by atoms with Gasteiger partial charge in [0.2, 0.25) is 0 Å². The molecule has 0 aliphatic carbocycles. The molecular weight excluding hydrogens is 520 g/mol. The number of amides is 1. The van der Waals surface area contributed by atoms with E-state index < -0.39 is 12.0 Å². The number of carbonyl (C=O) groups is 2. The lowest BCUT2D eigenvalue weighted by atomic mass is 9.93. The fourth-order valence-electron chi connectivity index (χ4n) is 5.41. The number of aliphatic carboxylic acids is 1. The summed E-state index contributed by atoms with van der Waals surface area (Å²) in [6.07, 6.45) is 4.53. The number of rotatable bonds is 13. The maximum Gasteiger partial charge on any atom is 0.326 e. The standard InChI is InChI=1S/C33H40N2O4S/c1-4-24-18-26(22-39-27-11-6-5-7-12-27)35(20-24)21-25-14-15-29(30(19-25)28-13-9-8-10-23(28)2)32(36)34-31(33(37)38)16-17-40-3/h5-15,19,24,26,31H,4,16-18,20-22H2,1-3H3,(H,34,36)(H,37,38)/t24-,26+,31-/m0/s1. The van der Waals surface area contributed by atoms with Crippen LogP contribution >= 0.6 is 11.8 Å². The first-order valence-electron chi connectivity index (χ1n) is 14.0. The predicted octanol–water partition coefficient (Wildman–Crippen LogP) is 6.28. The Balaban J connectivity index is 1.59. The molecule has 1 heterocycles. The van der Waals surface area contributed by atoms with Crippen molar-refractivity contribution < 1.29 is 19.4 Å². The number of thioether (sulfide) groups is 1. The number of aryl methyl sites for hydroxylation is 1. The normalized spacial score (nSPS) is 17.9. The van der Waals surface area contributed by atoms with E-state index in [1.807, 2.05) is 79.9 Å². The van der Waals surface area contributed by atoms with E-state index in [4.69, 9.17) is 4.74 Å². The monoisotopic (exact) mass is 560 g/mol. The third kappa shape index (κ3) is 7.67. The van der Waals surface area contributed by atoms with Gasteiger partial charge in [0.15, 0.2) is 0 Å². The number of para-hydroxylation sites is 1. The van der Waals surface area contributed by atoms with Crippen LogP contribution in [0.15, 0.2) is 72.8 Å². The molecule has 7 heteroatoms. The van der Waals surface area contributed by atoms with Crippen molar-refractivity contribution in [1.29, 1.82) is 0 Å². The fourth-order valence-corrected chi connectivity index (χ4v) is 5.88. The zero-order valence-corrected chi connectivity index (χ0v) is 24.5. The van der Waals surface area contributed by atoms with E-state index in [9.17, 15) is 14.7 Å². The van der Waals surface area contributed by atoms with E-state index in [1.54, 1.807) is 11.8 Å². The van der Waals surface area contributed by atoms with Crippen LogP contribution in [0.2, 0.25) is 0 Å². The molecule has 0 spiro atoms. The number of nitrogens with zero attached hydrogens (tertiary/aromatic N) is 1. The summed E-state index contributed by atoms with van der Waals surface area (Å²) >= 11 is 1.56. The minimum absolute atomic E-state index is 0.308. The van der Waals surface area contributed by atoms with Gasteiger partial charge in [0.05, 0.1) is 0 Å². The minimum Gasteiger partial charge on any atom is -0.492 e. The van der Waals surface area contributed by atoms with Crippen molar-refractivity contribution in [1.82, 2.24) is 10.2 Å². The molecule has 4 rings (SSSR count). The van der Waals surface area contributed by atoms with Crippen LogP contribution in [0.4, 0.5) is 0 Å². The van der Waals surface area contributed by atoms with Crippen molar-refractivity contribution in [3.05, 3.63) is 89.5 Å². The van der Waals surface area contributed by atoms with E-state index in [2.05, 4.69) is 23.2 Å². The van der Waals surface area contributed by atoms with Gasteiger partial charge in [0.1, 0.15) is 18.4 Å². The smallest absolute Gasteiger partial charge is 0.326 e. The van der Waals surface area contributed by atoms with Crippen LogP contribution in [-0.4, -0.2) is 59.1 Å². The molecule has 40 heavy (non-hydrogen) atoms. The fraction of sp³-hybridized carbons (Fsp3) is 0.394. The summed E-state index contributed by atoms with van der Waals surface area (Å²) in [4.78, 5) is 27.7. The molecule has 0 radical (unpaired) electrons. The number of hydrogen-bond donors (Lipinski definition) is 2. The molecule has 1 saturated heterocycles. The van der Waals surface area contributed by atoms with E-state index in [0.717, 1.165) is 53.9 Å². The zero-order valence-electron chi connectivity index (χ0n) is 23.6. The Kier molecular flexibility index (Phi) is 10.7. The van der Waals surface area contributed by atoms with E-state index in [-0.39, 0.29) is 5.91 Å². The first-order valence-corrected chi connectivity index (χ1v) is 15.4. The summed E-state index contributed by atoms with van der Waals surface area (Å²) in [5.41, 5.74) is 4.47. The summed E-state index contributed by atoms with van der Waals surface area (Å²) in [5.74, 6) is 0.792. The van der Waals surface area contributed by atoms with Crippen molar-refractivity contribution >= 4 is 23.6 Å². The number of nitrogens with one attached hydrogen (secondary N) is 1. The highest BCUT2D eigenvalue weighted by atomic mass is 32.2. The largest absolute Gasteiger partial charge is 0.492 e. The van der Waals surface area contributed by atoms with Gasteiger partial charge in [-0.05, 0) is 84.2 Å². The number of benzene rings is 3. The first-order chi connectivity index (χ1) is 19.4. The number of carboxylic acids is 1. The Morgan fingerprint density at radius 2 is 1.82 bits per heavy atom. The summed E-state index contributed by atoms with van der Waals surface area (Å²) in [7, 11) is 0. The Bertz CT molecular complexity index is 1280. The molecule has 3 aromatic rings. The second-order valence-electron chi connectivity index (χ2n) is 10.6. The third-order valence-corrected chi connectivity index (χ3v) is 8.38. The number of carboxylic acid groups (broad SMARTS) is 1. The Morgan fingerprint density at radius 1 is 1.07 bits per heavy atom. The zero-order chi connectivity index (χ0) is 28.5. The molecule has 0 saturated carbocycles. The second kappa shape index (κ2) is 14.4. The van der Waals surface area contributed by atoms with Gasteiger partial charge >= 0.3 is 5.97 Å². The van der Waals surface area contributed by atoms with Crippen LogP contribution in [0.3, 0.4) is 0 Å². The molecule has 0 aromatic heterocycles. The molecule has 3 atom stereocenters. The lowest BCUT2D eigenvalue weighted by Gasteiger charge is -2.25. The molecule has 0 bridgehead atoms. The van der Waals surface area contributed by atoms with Crippen LogP contribution in [-0.2, 0) is 11.3 Å². The number of carbonyl (C=O) groups excluding carboxylic acids is 1. The first kappa shape index (κ1) is 29.7. The minimum atomic E-state index is -1.01. The molecule has 2 N–H and O–H groups in total. The third-order valence-electron chi connectivity index (χ3n) is 7.74. The van der Waals surface area contributed by atoms with Crippen LogP contribution in [0, 0.1) is 12.8 Å². The maximum atomic E-state index is 13.4. The number of hydrogen-bond acceptors (Lipinski definition) is 5. The Labute approximate surface area is 242 Å². The summed E-state index contributed by atoms with van der Waals surface area (Å²) < 4.78 is 6.15. The van der Waals surface area contributed by atoms with Gasteiger partial charge in [-0.15, -0.1) is 0 Å². The van der Waals surface area contributed by atoms with Crippen LogP contribution in [0.1, 0.15) is 47.7 Å². The van der Waals surface area contributed by atoms with Gasteiger partial charge in [0.25, 0.3) is 5.91 Å².